The summed E-state index contributed by atoms with van der Waals surface area (Å²) in [5, 5.41) is 21.3. The molecule has 1 rings (SSSR count). The highest BCUT2D eigenvalue weighted by atomic mass is 79.9. The number of anilines is 1. The van der Waals surface area contributed by atoms with Gasteiger partial charge in [-0.05, 0) is 30.9 Å². The van der Waals surface area contributed by atoms with Crippen molar-refractivity contribution < 1.29 is 5.11 Å². The Morgan fingerprint density at radius 1 is 1.59 bits per heavy atom. The summed E-state index contributed by atoms with van der Waals surface area (Å²) in [5.74, 6) is 0.904. The number of nitrogens with zero attached hydrogens (tertiary/aromatic N) is 1. The van der Waals surface area contributed by atoms with Crippen LogP contribution in [0.5, 0.6) is 0 Å². The maximum absolute atomic E-state index is 9.05. The lowest BCUT2D eigenvalue weighted by molar-refractivity contribution is 0.282. The highest BCUT2D eigenvalue weighted by molar-refractivity contribution is 9.10. The first kappa shape index (κ1) is 14.4. The zero-order valence-electron chi connectivity index (χ0n) is 9.61. The predicted molar refractivity (Wildman–Crippen MR) is 76.4 cm³/mol. The van der Waals surface area contributed by atoms with Gasteiger partial charge in [-0.15, -0.1) is 0 Å². The van der Waals surface area contributed by atoms with E-state index in [4.69, 9.17) is 10.4 Å². The third-order valence-corrected chi connectivity index (χ3v) is 3.54. The molecule has 0 fully saturated rings. The van der Waals surface area contributed by atoms with Crippen LogP contribution in [0.25, 0.3) is 0 Å². The number of rotatable bonds is 6. The lowest BCUT2D eigenvalue weighted by atomic mass is 10.1. The molecule has 0 unspecified atom stereocenters. The third-order valence-electron chi connectivity index (χ3n) is 2.31. The number of thioether (sulfide) groups is 1. The van der Waals surface area contributed by atoms with Crippen LogP contribution in [-0.4, -0.2) is 29.8 Å². The van der Waals surface area contributed by atoms with E-state index in [1.807, 2.05) is 18.4 Å². The molecule has 0 saturated carbocycles. The van der Waals surface area contributed by atoms with Crippen molar-refractivity contribution in [1.29, 1.82) is 5.26 Å². The van der Waals surface area contributed by atoms with E-state index in [9.17, 15) is 0 Å². The molecular formula is C12H15BrN2OS. The maximum Gasteiger partial charge on any atom is 0.101 e. The molecule has 0 heterocycles. The minimum Gasteiger partial charge on any atom is -0.396 e. The summed E-state index contributed by atoms with van der Waals surface area (Å²) in [6.45, 7) is 0.149. The molecule has 0 spiro atoms. The fraction of sp³-hybridized carbons (Fsp3) is 0.417. The normalized spacial score (nSPS) is 11.9. The largest absolute Gasteiger partial charge is 0.396 e. The SMILES string of the molecule is CSC[C@@H](CCO)Nc1ccc(Br)cc1C#N. The van der Waals surface area contributed by atoms with Crippen molar-refractivity contribution in [2.24, 2.45) is 0 Å². The van der Waals surface area contributed by atoms with Gasteiger partial charge in [-0.25, -0.2) is 0 Å². The van der Waals surface area contributed by atoms with Gasteiger partial charge < -0.3 is 10.4 Å². The third kappa shape index (κ3) is 4.58. The highest BCUT2D eigenvalue weighted by Crippen LogP contribution is 2.22. The van der Waals surface area contributed by atoms with Crippen molar-refractivity contribution in [3.63, 3.8) is 0 Å². The Kier molecular flexibility index (Phi) is 6.41. The van der Waals surface area contributed by atoms with Crippen LogP contribution in [-0.2, 0) is 0 Å². The smallest absolute Gasteiger partial charge is 0.101 e. The molecule has 3 nitrogen and oxygen atoms in total. The standard InChI is InChI=1S/C12H15BrN2OS/c1-17-8-11(4-5-16)15-12-3-2-10(13)6-9(12)7-14/h2-3,6,11,15-16H,4-5,8H2,1H3/t11-/m1/s1. The van der Waals surface area contributed by atoms with Crippen LogP contribution in [0.1, 0.15) is 12.0 Å². The molecule has 17 heavy (non-hydrogen) atoms. The first-order chi connectivity index (χ1) is 8.21. The molecule has 1 atom stereocenters. The molecule has 0 radical (unpaired) electrons. The summed E-state index contributed by atoms with van der Waals surface area (Å²) >= 11 is 5.06. The van der Waals surface area contributed by atoms with Gasteiger partial charge in [-0.2, -0.15) is 17.0 Å². The van der Waals surface area contributed by atoms with Crippen molar-refractivity contribution in [2.45, 2.75) is 12.5 Å². The number of aliphatic hydroxyl groups is 1. The van der Waals surface area contributed by atoms with Crippen molar-refractivity contribution >= 4 is 33.4 Å². The Balaban J connectivity index is 2.81. The van der Waals surface area contributed by atoms with E-state index >= 15 is 0 Å². The number of hydrogen-bond donors (Lipinski definition) is 2. The molecule has 5 heteroatoms. The molecule has 2 N–H and O–H groups in total. The molecule has 0 aliphatic heterocycles. The first-order valence-electron chi connectivity index (χ1n) is 5.27. The van der Waals surface area contributed by atoms with Crippen LogP contribution in [0.4, 0.5) is 5.69 Å². The first-order valence-corrected chi connectivity index (χ1v) is 7.46. The van der Waals surface area contributed by atoms with Crippen LogP contribution in [0.2, 0.25) is 0 Å². The van der Waals surface area contributed by atoms with Crippen molar-refractivity contribution in [1.82, 2.24) is 0 Å². The Morgan fingerprint density at radius 2 is 2.35 bits per heavy atom. The summed E-state index contributed by atoms with van der Waals surface area (Å²) < 4.78 is 0.892. The van der Waals surface area contributed by atoms with Gasteiger partial charge in [-0.3, -0.25) is 0 Å². The number of benzene rings is 1. The number of nitrogens with one attached hydrogen (secondary N) is 1. The lowest BCUT2D eigenvalue weighted by Crippen LogP contribution is -2.24. The molecule has 0 bridgehead atoms. The van der Waals surface area contributed by atoms with Crippen LogP contribution in [0.15, 0.2) is 22.7 Å². The molecule has 0 aliphatic carbocycles. The highest BCUT2D eigenvalue weighted by Gasteiger charge is 2.10. The van der Waals surface area contributed by atoms with Crippen LogP contribution in [0, 0.1) is 11.3 Å². The Morgan fingerprint density at radius 3 is 2.94 bits per heavy atom. The molecule has 0 aliphatic rings. The number of nitriles is 1. The van der Waals surface area contributed by atoms with Crippen LogP contribution in [0.3, 0.4) is 0 Å². The Bertz CT molecular complexity index is 400. The molecule has 92 valence electrons. The zero-order valence-corrected chi connectivity index (χ0v) is 12.0. The Labute approximate surface area is 114 Å². The number of halogens is 1. The number of hydrogen-bond acceptors (Lipinski definition) is 4. The van der Waals surface area contributed by atoms with E-state index in [0.29, 0.717) is 12.0 Å². The number of aliphatic hydroxyl groups excluding tert-OH is 1. The van der Waals surface area contributed by atoms with Gasteiger partial charge in [0.1, 0.15) is 6.07 Å². The molecular weight excluding hydrogens is 300 g/mol. The fourth-order valence-electron chi connectivity index (χ4n) is 1.51. The summed E-state index contributed by atoms with van der Waals surface area (Å²) in [6.07, 6.45) is 2.71. The van der Waals surface area contributed by atoms with Gasteiger partial charge in [0.2, 0.25) is 0 Å². The fourth-order valence-corrected chi connectivity index (χ4v) is 2.52. The second-order valence-corrected chi connectivity index (χ2v) is 5.44. The van der Waals surface area contributed by atoms with Crippen molar-refractivity contribution in [2.75, 3.05) is 23.9 Å². The van der Waals surface area contributed by atoms with E-state index in [0.717, 1.165) is 15.9 Å². The molecule has 1 aromatic carbocycles. The predicted octanol–water partition coefficient (Wildman–Crippen LogP) is 2.85. The minimum absolute atomic E-state index is 0.149. The molecule has 0 aromatic heterocycles. The Hall–Kier alpha value is -0.700. The van der Waals surface area contributed by atoms with Crippen molar-refractivity contribution in [3.8, 4) is 6.07 Å². The van der Waals surface area contributed by atoms with E-state index in [1.54, 1.807) is 17.8 Å². The average Bonchev–Trinajstić information content (AvgIpc) is 2.32. The minimum atomic E-state index is 0.149. The average molecular weight is 315 g/mol. The van der Waals surface area contributed by atoms with Crippen LogP contribution >= 0.6 is 27.7 Å². The van der Waals surface area contributed by atoms with E-state index in [2.05, 4.69) is 27.3 Å². The topological polar surface area (TPSA) is 56.0 Å². The van der Waals surface area contributed by atoms with Gasteiger partial charge >= 0.3 is 0 Å². The van der Waals surface area contributed by atoms with Gasteiger partial charge in [0, 0.05) is 22.9 Å². The van der Waals surface area contributed by atoms with Gasteiger partial charge in [0.05, 0.1) is 11.3 Å². The summed E-state index contributed by atoms with van der Waals surface area (Å²) in [7, 11) is 0. The van der Waals surface area contributed by atoms with E-state index in [1.165, 1.54) is 0 Å². The summed E-state index contributed by atoms with van der Waals surface area (Å²) in [4.78, 5) is 0. The molecule has 0 amide bonds. The van der Waals surface area contributed by atoms with E-state index < -0.39 is 0 Å². The van der Waals surface area contributed by atoms with Gasteiger partial charge in [-0.1, -0.05) is 15.9 Å². The lowest BCUT2D eigenvalue weighted by Gasteiger charge is -2.18. The zero-order chi connectivity index (χ0) is 12.7. The summed E-state index contributed by atoms with van der Waals surface area (Å²) in [5.41, 5.74) is 1.44. The van der Waals surface area contributed by atoms with Gasteiger partial charge in [0.25, 0.3) is 0 Å². The second kappa shape index (κ2) is 7.59. The summed E-state index contributed by atoms with van der Waals surface area (Å²) in [6, 6.07) is 7.92. The van der Waals surface area contributed by atoms with E-state index in [-0.39, 0.29) is 12.6 Å². The van der Waals surface area contributed by atoms with Crippen molar-refractivity contribution in [3.05, 3.63) is 28.2 Å². The van der Waals surface area contributed by atoms with Crippen LogP contribution < -0.4 is 5.32 Å². The molecule has 0 saturated heterocycles. The molecule has 1 aromatic rings. The second-order valence-electron chi connectivity index (χ2n) is 3.61. The monoisotopic (exact) mass is 314 g/mol. The maximum atomic E-state index is 9.05. The van der Waals surface area contributed by atoms with Gasteiger partial charge in [0.15, 0.2) is 0 Å². The quantitative estimate of drug-likeness (QED) is 0.847.